The summed E-state index contributed by atoms with van der Waals surface area (Å²) >= 11 is 1.86. The molecule has 0 unspecified atom stereocenters. The minimum Gasteiger partial charge on any atom is -0.310 e. The highest BCUT2D eigenvalue weighted by atomic mass is 32.1. The molecular weight excluding hydrogens is 815 g/mol. The number of anilines is 3. The lowest BCUT2D eigenvalue weighted by Gasteiger charge is -2.26. The van der Waals surface area contributed by atoms with Crippen LogP contribution in [0.2, 0.25) is 0 Å². The van der Waals surface area contributed by atoms with Crippen molar-refractivity contribution in [1.29, 1.82) is 0 Å². The lowest BCUT2D eigenvalue weighted by Crippen LogP contribution is -2.10. The van der Waals surface area contributed by atoms with Crippen LogP contribution in [0, 0.1) is 0 Å². The minimum atomic E-state index is 1.09. The van der Waals surface area contributed by atoms with Crippen molar-refractivity contribution in [3.8, 4) is 44.5 Å². The molecule has 12 aromatic carbocycles. The van der Waals surface area contributed by atoms with E-state index in [0.29, 0.717) is 0 Å². The second-order valence-electron chi connectivity index (χ2n) is 17.2. The molecule has 0 radical (unpaired) electrons. The molecule has 308 valence electrons. The van der Waals surface area contributed by atoms with Gasteiger partial charge in [-0.2, -0.15) is 0 Å². The Hall–Kier alpha value is -8.30. The molecule has 0 aliphatic carbocycles. The van der Waals surface area contributed by atoms with Crippen LogP contribution >= 0.6 is 11.3 Å². The maximum Gasteiger partial charge on any atom is 0.0467 e. The van der Waals surface area contributed by atoms with Gasteiger partial charge in [-0.1, -0.05) is 188 Å². The monoisotopic (exact) mass is 855 g/mol. The van der Waals surface area contributed by atoms with Crippen molar-refractivity contribution in [1.82, 2.24) is 0 Å². The van der Waals surface area contributed by atoms with Crippen molar-refractivity contribution < 1.29 is 0 Å². The standard InChI is InChI=1S/C64H41NS/c1-2-19-52-43(13-1)14-11-25-53(52)48-17-9-15-45(39-48)46-16-10-18-51(40-46)65(50-36-31-44(32-37-50)54-26-12-28-63-64(54)60-24-7-8-27-62(60)66-63)49-34-29-42(30-35-49)47-33-38-59-57-22-4-3-20-55(57)56-21-5-6-23-58(56)61(59)41-47/h1-41H. The summed E-state index contributed by atoms with van der Waals surface area (Å²) in [5.41, 5.74) is 12.9. The van der Waals surface area contributed by atoms with Gasteiger partial charge in [0.1, 0.15) is 0 Å². The predicted molar refractivity (Wildman–Crippen MR) is 286 cm³/mol. The molecule has 13 aromatic rings. The van der Waals surface area contributed by atoms with Gasteiger partial charge in [-0.15, -0.1) is 11.3 Å². The van der Waals surface area contributed by atoms with Gasteiger partial charge in [0, 0.05) is 37.2 Å². The summed E-state index contributed by atoms with van der Waals surface area (Å²) in [5, 5.41) is 12.9. The summed E-state index contributed by atoms with van der Waals surface area (Å²) in [7, 11) is 0. The molecule has 2 heteroatoms. The Kier molecular flexibility index (Phi) is 9.11. The second-order valence-corrected chi connectivity index (χ2v) is 18.3. The quantitative estimate of drug-likeness (QED) is 0.144. The lowest BCUT2D eigenvalue weighted by molar-refractivity contribution is 1.28. The third kappa shape index (κ3) is 6.45. The van der Waals surface area contributed by atoms with Gasteiger partial charge >= 0.3 is 0 Å². The molecule has 0 amide bonds. The van der Waals surface area contributed by atoms with Crippen LogP contribution in [0.5, 0.6) is 0 Å². The lowest BCUT2D eigenvalue weighted by atomic mass is 9.92. The summed E-state index contributed by atoms with van der Waals surface area (Å²) in [4.78, 5) is 2.40. The van der Waals surface area contributed by atoms with E-state index in [0.717, 1.165) is 17.1 Å². The van der Waals surface area contributed by atoms with E-state index in [1.54, 1.807) is 0 Å². The molecule has 0 bridgehead atoms. The molecule has 1 nitrogen and oxygen atoms in total. The zero-order chi connectivity index (χ0) is 43.6. The highest BCUT2D eigenvalue weighted by Gasteiger charge is 2.17. The molecule has 1 heterocycles. The fourth-order valence-corrected chi connectivity index (χ4v) is 11.4. The number of nitrogens with zero attached hydrogens (tertiary/aromatic N) is 1. The van der Waals surface area contributed by atoms with E-state index in [-0.39, 0.29) is 0 Å². The third-order valence-corrected chi connectivity index (χ3v) is 14.6. The first kappa shape index (κ1) is 38.2. The SMILES string of the molecule is c1cc(-c2cccc(N(c3ccc(-c4ccc5c6ccccc6c6ccccc6c5c4)cc3)c3ccc(-c4cccc5sc6ccccc6c45)cc3)c2)cc(-c2cccc3ccccc23)c1. The molecule has 0 spiro atoms. The summed E-state index contributed by atoms with van der Waals surface area (Å²) in [5.74, 6) is 0. The first-order chi connectivity index (χ1) is 32.7. The van der Waals surface area contributed by atoms with Crippen LogP contribution in [-0.4, -0.2) is 0 Å². The van der Waals surface area contributed by atoms with Gasteiger partial charge in [0.15, 0.2) is 0 Å². The van der Waals surface area contributed by atoms with Crippen molar-refractivity contribution in [3.05, 3.63) is 249 Å². The van der Waals surface area contributed by atoms with Crippen molar-refractivity contribution in [2.75, 3.05) is 4.90 Å². The summed E-state index contributed by atoms with van der Waals surface area (Å²) in [6, 6.07) is 91.5. The smallest absolute Gasteiger partial charge is 0.0467 e. The van der Waals surface area contributed by atoms with Crippen molar-refractivity contribution in [2.24, 2.45) is 0 Å². The normalized spacial score (nSPS) is 11.6. The molecule has 0 fully saturated rings. The number of benzene rings is 12. The van der Waals surface area contributed by atoms with Crippen LogP contribution in [0.3, 0.4) is 0 Å². The van der Waals surface area contributed by atoms with Crippen LogP contribution in [0.25, 0.3) is 108 Å². The average Bonchev–Trinajstić information content (AvgIpc) is 3.78. The molecular formula is C64H41NS. The van der Waals surface area contributed by atoms with E-state index in [2.05, 4.69) is 254 Å². The van der Waals surface area contributed by atoms with Crippen LogP contribution in [-0.2, 0) is 0 Å². The Morgan fingerprint density at radius 2 is 0.727 bits per heavy atom. The highest BCUT2D eigenvalue weighted by molar-refractivity contribution is 7.25. The van der Waals surface area contributed by atoms with Gasteiger partial charge in [-0.25, -0.2) is 0 Å². The maximum absolute atomic E-state index is 2.40. The second kappa shape index (κ2) is 15.7. The van der Waals surface area contributed by atoms with E-state index >= 15 is 0 Å². The van der Waals surface area contributed by atoms with Gasteiger partial charge in [0.05, 0.1) is 0 Å². The maximum atomic E-state index is 2.40. The van der Waals surface area contributed by atoms with Crippen molar-refractivity contribution in [2.45, 2.75) is 0 Å². The van der Waals surface area contributed by atoms with Gasteiger partial charge in [0.25, 0.3) is 0 Å². The minimum absolute atomic E-state index is 1.09. The van der Waals surface area contributed by atoms with Crippen LogP contribution < -0.4 is 4.90 Å². The highest BCUT2D eigenvalue weighted by Crippen LogP contribution is 2.43. The first-order valence-electron chi connectivity index (χ1n) is 22.7. The van der Waals surface area contributed by atoms with Crippen LogP contribution in [0.15, 0.2) is 249 Å². The van der Waals surface area contributed by atoms with E-state index in [1.165, 1.54) is 108 Å². The van der Waals surface area contributed by atoms with Crippen LogP contribution in [0.4, 0.5) is 17.1 Å². The fourth-order valence-electron chi connectivity index (χ4n) is 10.3. The fraction of sp³-hybridized carbons (Fsp3) is 0. The zero-order valence-corrected chi connectivity index (χ0v) is 36.8. The van der Waals surface area contributed by atoms with Crippen molar-refractivity contribution in [3.63, 3.8) is 0 Å². The summed E-state index contributed by atoms with van der Waals surface area (Å²) < 4.78 is 2.63. The Bertz CT molecular complexity index is 3950. The van der Waals surface area contributed by atoms with E-state index < -0.39 is 0 Å². The number of thiophene rings is 1. The first-order valence-corrected chi connectivity index (χ1v) is 23.5. The van der Waals surface area contributed by atoms with Gasteiger partial charge in [0.2, 0.25) is 0 Å². The third-order valence-electron chi connectivity index (χ3n) is 13.4. The molecule has 66 heavy (non-hydrogen) atoms. The largest absolute Gasteiger partial charge is 0.310 e. The number of fused-ring (bicyclic) bond motifs is 10. The zero-order valence-electron chi connectivity index (χ0n) is 36.0. The number of hydrogen-bond acceptors (Lipinski definition) is 2. The molecule has 0 N–H and O–H groups in total. The Balaban J connectivity index is 0.918. The molecule has 1 aromatic heterocycles. The van der Waals surface area contributed by atoms with Gasteiger partial charge < -0.3 is 4.90 Å². The van der Waals surface area contributed by atoms with Crippen LogP contribution in [0.1, 0.15) is 0 Å². The Morgan fingerprint density at radius 1 is 0.242 bits per heavy atom. The van der Waals surface area contributed by atoms with E-state index in [1.807, 2.05) is 11.3 Å². The van der Waals surface area contributed by atoms with Crippen molar-refractivity contribution >= 4 is 91.7 Å². The molecule has 0 saturated heterocycles. The Morgan fingerprint density at radius 3 is 1.47 bits per heavy atom. The van der Waals surface area contributed by atoms with E-state index in [9.17, 15) is 0 Å². The summed E-state index contributed by atoms with van der Waals surface area (Å²) in [6.45, 7) is 0. The average molecular weight is 856 g/mol. The molecule has 0 aliphatic heterocycles. The Labute approximate surface area is 387 Å². The molecule has 0 atom stereocenters. The van der Waals surface area contributed by atoms with E-state index in [4.69, 9.17) is 0 Å². The predicted octanol–water partition coefficient (Wildman–Crippen LogP) is 18.8. The molecule has 0 saturated carbocycles. The topological polar surface area (TPSA) is 3.24 Å². The number of rotatable bonds is 7. The number of hydrogen-bond donors (Lipinski definition) is 0. The molecule has 13 rings (SSSR count). The molecule has 0 aliphatic rings. The van der Waals surface area contributed by atoms with Gasteiger partial charge in [-0.3, -0.25) is 0 Å². The summed E-state index contributed by atoms with van der Waals surface area (Å²) in [6.07, 6.45) is 0. The van der Waals surface area contributed by atoms with Gasteiger partial charge in [-0.05, 0) is 148 Å².